The number of aromatic nitrogens is 2. The molecule has 0 bridgehead atoms. The van der Waals surface area contributed by atoms with Crippen LogP contribution < -0.4 is 21.2 Å². The fourth-order valence-electron chi connectivity index (χ4n) is 2.79. The van der Waals surface area contributed by atoms with Crippen molar-refractivity contribution in [1.29, 1.82) is 0 Å². The molecule has 0 saturated heterocycles. The highest BCUT2D eigenvalue weighted by Crippen LogP contribution is 2.33. The van der Waals surface area contributed by atoms with E-state index in [4.69, 9.17) is 16.3 Å². The number of halogens is 4. The van der Waals surface area contributed by atoms with Crippen LogP contribution in [0.3, 0.4) is 0 Å². The van der Waals surface area contributed by atoms with Gasteiger partial charge in [-0.2, -0.15) is 13.2 Å². The van der Waals surface area contributed by atoms with Crippen LogP contribution in [0.4, 0.5) is 18.9 Å². The number of rotatable bonds is 5. The fraction of sp³-hybridized carbons (Fsp3) is 0.150. The largest absolute Gasteiger partial charge is 0.495 e. The zero-order valence-electron chi connectivity index (χ0n) is 15.9. The molecule has 0 spiro atoms. The van der Waals surface area contributed by atoms with E-state index in [1.54, 1.807) is 24.3 Å². The van der Waals surface area contributed by atoms with Crippen LogP contribution in [0.15, 0.2) is 64.4 Å². The maximum absolute atomic E-state index is 12.9. The number of anilines is 1. The third-order valence-corrected chi connectivity index (χ3v) is 4.61. The molecule has 0 fully saturated rings. The van der Waals surface area contributed by atoms with Crippen LogP contribution in [0.5, 0.6) is 5.75 Å². The number of nitrogens with one attached hydrogen (secondary N) is 1. The quantitative estimate of drug-likeness (QED) is 0.601. The molecule has 0 saturated carbocycles. The van der Waals surface area contributed by atoms with Gasteiger partial charge in [0.05, 0.1) is 29.1 Å². The molecule has 1 amide bonds. The number of nitrogens with zero attached hydrogens (tertiary/aromatic N) is 2. The van der Waals surface area contributed by atoms with Gasteiger partial charge in [0.15, 0.2) is 0 Å². The highest BCUT2D eigenvalue weighted by molar-refractivity contribution is 6.33. The summed E-state index contributed by atoms with van der Waals surface area (Å²) in [5.74, 6) is -0.476. The maximum atomic E-state index is 12.9. The molecule has 0 aliphatic heterocycles. The van der Waals surface area contributed by atoms with Crippen LogP contribution in [0, 0.1) is 0 Å². The Bertz CT molecular complexity index is 1250. The van der Waals surface area contributed by atoms with Gasteiger partial charge in [0.1, 0.15) is 12.3 Å². The van der Waals surface area contributed by atoms with Crippen LogP contribution in [0.25, 0.3) is 5.69 Å². The standard InChI is InChI=1S/C20H15ClF3N3O4/c1-31-16-5-3-2-4-15(16)27-9-8-26(18(29)19(27)30)11-17(28)25-14-10-12(20(22,23)24)6-7-13(14)21/h2-10H,11H2,1H3,(H,25,28). The number of amides is 1. The number of carbonyl (C=O) groups is 1. The van der Waals surface area contributed by atoms with Gasteiger partial charge in [-0.25, -0.2) is 0 Å². The second-order valence-electron chi connectivity index (χ2n) is 6.32. The predicted octanol–water partition coefficient (Wildman–Crippen LogP) is 3.32. The average molecular weight is 454 g/mol. The zero-order valence-corrected chi connectivity index (χ0v) is 16.7. The molecule has 0 aliphatic carbocycles. The second kappa shape index (κ2) is 8.68. The number of hydrogen-bond acceptors (Lipinski definition) is 4. The van der Waals surface area contributed by atoms with Gasteiger partial charge in [0, 0.05) is 12.4 Å². The highest BCUT2D eigenvalue weighted by atomic mass is 35.5. The molecule has 31 heavy (non-hydrogen) atoms. The van der Waals surface area contributed by atoms with E-state index in [1.807, 2.05) is 0 Å². The lowest BCUT2D eigenvalue weighted by molar-refractivity contribution is -0.137. The lowest BCUT2D eigenvalue weighted by atomic mass is 10.2. The molecule has 1 N–H and O–H groups in total. The Hall–Kier alpha value is -3.53. The summed E-state index contributed by atoms with van der Waals surface area (Å²) < 4.78 is 45.7. The molecule has 3 rings (SSSR count). The van der Waals surface area contributed by atoms with Crippen molar-refractivity contribution in [2.75, 3.05) is 12.4 Å². The summed E-state index contributed by atoms with van der Waals surface area (Å²) in [6, 6.07) is 9.00. The monoisotopic (exact) mass is 453 g/mol. The van der Waals surface area contributed by atoms with Gasteiger partial charge in [0.2, 0.25) is 5.91 Å². The first-order chi connectivity index (χ1) is 14.6. The molecule has 1 heterocycles. The van der Waals surface area contributed by atoms with Crippen molar-refractivity contribution in [2.45, 2.75) is 12.7 Å². The lowest BCUT2D eigenvalue weighted by Crippen LogP contribution is -2.41. The number of methoxy groups -OCH3 is 1. The van der Waals surface area contributed by atoms with E-state index in [-0.39, 0.29) is 10.7 Å². The fourth-order valence-corrected chi connectivity index (χ4v) is 2.96. The van der Waals surface area contributed by atoms with Gasteiger partial charge in [-0.1, -0.05) is 23.7 Å². The number of ether oxygens (including phenoxy) is 1. The van der Waals surface area contributed by atoms with Crippen LogP contribution in [0.2, 0.25) is 5.02 Å². The molecule has 1 aromatic heterocycles. The molecule has 2 aromatic carbocycles. The summed E-state index contributed by atoms with van der Waals surface area (Å²) in [6.45, 7) is -0.604. The van der Waals surface area contributed by atoms with Gasteiger partial charge in [-0.3, -0.25) is 23.5 Å². The lowest BCUT2D eigenvalue weighted by Gasteiger charge is -2.13. The van der Waals surface area contributed by atoms with Crippen LogP contribution in [0.1, 0.15) is 5.56 Å². The minimum atomic E-state index is -4.62. The summed E-state index contributed by atoms with van der Waals surface area (Å²) >= 11 is 5.85. The number of alkyl halides is 3. The molecule has 11 heteroatoms. The van der Waals surface area contributed by atoms with Gasteiger partial charge in [-0.05, 0) is 30.3 Å². The third-order valence-electron chi connectivity index (χ3n) is 4.28. The van der Waals surface area contributed by atoms with Crippen LogP contribution in [-0.2, 0) is 17.5 Å². The van der Waals surface area contributed by atoms with E-state index < -0.39 is 35.3 Å². The van der Waals surface area contributed by atoms with Crippen LogP contribution >= 0.6 is 11.6 Å². The SMILES string of the molecule is COc1ccccc1-n1ccn(CC(=O)Nc2cc(C(F)(F)F)ccc2Cl)c(=O)c1=O. The van der Waals surface area contributed by atoms with Crippen molar-refractivity contribution in [3.8, 4) is 11.4 Å². The molecule has 0 atom stereocenters. The van der Waals surface area contributed by atoms with E-state index in [0.29, 0.717) is 17.5 Å². The highest BCUT2D eigenvalue weighted by Gasteiger charge is 2.31. The Morgan fingerprint density at radius 2 is 1.81 bits per heavy atom. The molecular weight excluding hydrogens is 439 g/mol. The number of para-hydroxylation sites is 2. The normalized spacial score (nSPS) is 11.3. The number of carbonyl (C=O) groups excluding carboxylic acids is 1. The van der Waals surface area contributed by atoms with Crippen molar-refractivity contribution >= 4 is 23.2 Å². The maximum Gasteiger partial charge on any atom is 0.416 e. The summed E-state index contributed by atoms with van der Waals surface area (Å²) in [6.07, 6.45) is -2.13. The first kappa shape index (κ1) is 22.2. The predicted molar refractivity (Wildman–Crippen MR) is 108 cm³/mol. The Morgan fingerprint density at radius 3 is 2.48 bits per heavy atom. The van der Waals surface area contributed by atoms with Gasteiger partial charge in [0.25, 0.3) is 0 Å². The first-order valence-corrected chi connectivity index (χ1v) is 9.11. The molecule has 0 radical (unpaired) electrons. The molecule has 3 aromatic rings. The molecule has 7 nitrogen and oxygen atoms in total. The van der Waals surface area contributed by atoms with E-state index in [1.165, 1.54) is 19.5 Å². The minimum absolute atomic E-state index is 0.111. The van der Waals surface area contributed by atoms with Crippen molar-refractivity contribution < 1.29 is 22.7 Å². The molecule has 0 unspecified atom stereocenters. The number of benzene rings is 2. The average Bonchev–Trinajstić information content (AvgIpc) is 2.72. The van der Waals surface area contributed by atoms with Crippen molar-refractivity contribution in [3.05, 3.63) is 86.2 Å². The minimum Gasteiger partial charge on any atom is -0.495 e. The third kappa shape index (κ3) is 4.80. The summed E-state index contributed by atoms with van der Waals surface area (Å²) in [4.78, 5) is 37.2. The van der Waals surface area contributed by atoms with Crippen molar-refractivity contribution in [2.24, 2.45) is 0 Å². The van der Waals surface area contributed by atoms with Gasteiger partial charge < -0.3 is 10.1 Å². The zero-order chi connectivity index (χ0) is 22.8. The van der Waals surface area contributed by atoms with Gasteiger partial charge in [-0.15, -0.1) is 0 Å². The van der Waals surface area contributed by atoms with Crippen LogP contribution in [-0.4, -0.2) is 22.2 Å². The molecule has 162 valence electrons. The first-order valence-electron chi connectivity index (χ1n) is 8.74. The van der Waals surface area contributed by atoms with E-state index in [0.717, 1.165) is 21.3 Å². The second-order valence-corrected chi connectivity index (χ2v) is 6.73. The Morgan fingerprint density at radius 1 is 1.10 bits per heavy atom. The Kier molecular flexibility index (Phi) is 6.21. The van der Waals surface area contributed by atoms with Crippen molar-refractivity contribution in [3.63, 3.8) is 0 Å². The topological polar surface area (TPSA) is 82.3 Å². The molecule has 0 aliphatic rings. The van der Waals surface area contributed by atoms with E-state index in [2.05, 4.69) is 5.32 Å². The Labute approximate surface area is 178 Å². The summed E-state index contributed by atoms with van der Waals surface area (Å²) in [5, 5.41) is 2.11. The van der Waals surface area contributed by atoms with E-state index in [9.17, 15) is 27.6 Å². The number of hydrogen-bond donors (Lipinski definition) is 1. The summed E-state index contributed by atoms with van der Waals surface area (Å²) in [7, 11) is 1.41. The Balaban J connectivity index is 1.86. The molecular formula is C20H15ClF3N3O4. The summed E-state index contributed by atoms with van der Waals surface area (Å²) in [5.41, 5.74) is -2.87. The smallest absolute Gasteiger partial charge is 0.416 e. The van der Waals surface area contributed by atoms with Gasteiger partial charge >= 0.3 is 17.3 Å². The van der Waals surface area contributed by atoms with Crippen molar-refractivity contribution in [1.82, 2.24) is 9.13 Å². The van der Waals surface area contributed by atoms with E-state index >= 15 is 0 Å².